The molecule has 0 heterocycles. The van der Waals surface area contributed by atoms with Crippen LogP contribution in [0.1, 0.15) is 11.1 Å². The predicted molar refractivity (Wildman–Crippen MR) is 60.7 cm³/mol. The molecule has 15 heavy (non-hydrogen) atoms. The van der Waals surface area contributed by atoms with Crippen molar-refractivity contribution in [1.82, 2.24) is 0 Å². The van der Waals surface area contributed by atoms with Gasteiger partial charge in [0.1, 0.15) is 0 Å². The van der Waals surface area contributed by atoms with Gasteiger partial charge in [0.15, 0.2) is 0 Å². The lowest BCUT2D eigenvalue weighted by Gasteiger charge is -2.06. The first-order chi connectivity index (χ1) is 7.06. The molecule has 0 aromatic heterocycles. The summed E-state index contributed by atoms with van der Waals surface area (Å²) in [6, 6.07) is 4.52. The van der Waals surface area contributed by atoms with E-state index in [0.717, 1.165) is 5.56 Å². The maximum absolute atomic E-state index is 10.6. The molecule has 0 aliphatic heterocycles. The van der Waals surface area contributed by atoms with Gasteiger partial charge in [0.2, 0.25) is 0 Å². The summed E-state index contributed by atoms with van der Waals surface area (Å²) in [5, 5.41) is 10.8. The number of hydrogen-bond donors (Lipinski definition) is 1. The Morgan fingerprint density at radius 3 is 2.73 bits per heavy atom. The Morgan fingerprint density at radius 1 is 1.60 bits per heavy atom. The normalized spacial score (nSPS) is 10.0. The quantitative estimate of drug-likeness (QED) is 0.633. The van der Waals surface area contributed by atoms with Crippen LogP contribution in [-0.4, -0.2) is 11.5 Å². The van der Waals surface area contributed by atoms with Gasteiger partial charge < -0.3 is 5.73 Å². The van der Waals surface area contributed by atoms with E-state index in [1.807, 2.05) is 0 Å². The van der Waals surface area contributed by atoms with Crippen molar-refractivity contribution in [3.05, 3.63) is 46.0 Å². The van der Waals surface area contributed by atoms with Gasteiger partial charge in [0.25, 0.3) is 5.69 Å². The molecule has 0 spiro atoms. The number of nitro groups is 1. The molecular weight excluding hydrogens is 216 g/mol. The van der Waals surface area contributed by atoms with E-state index in [1.165, 1.54) is 12.1 Å². The Labute approximate surface area is 92.5 Å². The molecule has 1 rings (SSSR count). The number of halogens is 1. The molecule has 0 aliphatic carbocycles. The lowest BCUT2D eigenvalue weighted by molar-refractivity contribution is -0.384. The van der Waals surface area contributed by atoms with Gasteiger partial charge in [-0.25, -0.2) is 0 Å². The van der Waals surface area contributed by atoms with Gasteiger partial charge in [-0.3, -0.25) is 10.1 Å². The van der Waals surface area contributed by atoms with Crippen molar-refractivity contribution in [1.29, 1.82) is 0 Å². The van der Waals surface area contributed by atoms with Crippen molar-refractivity contribution in [2.24, 2.45) is 5.73 Å². The van der Waals surface area contributed by atoms with E-state index in [9.17, 15) is 10.1 Å². The maximum atomic E-state index is 10.6. The van der Waals surface area contributed by atoms with Gasteiger partial charge in [-0.15, -0.1) is 0 Å². The number of hydrogen-bond acceptors (Lipinski definition) is 3. The topological polar surface area (TPSA) is 69.2 Å². The van der Waals surface area contributed by atoms with Crippen molar-refractivity contribution in [3.63, 3.8) is 0 Å². The fraction of sp³-hybridized carbons (Fsp3) is 0.200. The van der Waals surface area contributed by atoms with E-state index in [1.54, 1.807) is 6.07 Å². The highest BCUT2D eigenvalue weighted by Crippen LogP contribution is 2.25. The van der Waals surface area contributed by atoms with Crippen LogP contribution in [0.4, 0.5) is 5.69 Å². The van der Waals surface area contributed by atoms with Crippen LogP contribution in [0.3, 0.4) is 0 Å². The van der Waals surface area contributed by atoms with E-state index in [-0.39, 0.29) is 5.69 Å². The van der Waals surface area contributed by atoms with Crippen molar-refractivity contribution in [2.45, 2.75) is 6.42 Å². The molecule has 2 N–H and O–H groups in total. The number of nitrogens with zero attached hydrogens (tertiary/aromatic N) is 1. The molecule has 0 radical (unpaired) electrons. The molecule has 0 saturated carbocycles. The Morgan fingerprint density at radius 2 is 2.27 bits per heavy atom. The second-order valence-electron chi connectivity index (χ2n) is 3.04. The highest BCUT2D eigenvalue weighted by atomic mass is 35.5. The summed E-state index contributed by atoms with van der Waals surface area (Å²) >= 11 is 5.76. The third-order valence-corrected chi connectivity index (χ3v) is 2.21. The average molecular weight is 227 g/mol. The summed E-state index contributed by atoms with van der Waals surface area (Å²) < 4.78 is 0. The minimum absolute atomic E-state index is 0.00701. The zero-order chi connectivity index (χ0) is 11.4. The van der Waals surface area contributed by atoms with Gasteiger partial charge in [-0.1, -0.05) is 24.2 Å². The predicted octanol–water partition coefficient (Wildman–Crippen LogP) is 2.31. The summed E-state index contributed by atoms with van der Waals surface area (Å²) in [5.41, 5.74) is 6.90. The Balaban J connectivity index is 3.20. The third kappa shape index (κ3) is 2.78. The van der Waals surface area contributed by atoms with Crippen LogP contribution in [0.2, 0.25) is 0 Å². The molecule has 0 amide bonds. The first-order valence-corrected chi connectivity index (χ1v) is 4.76. The SMILES string of the molecule is C=C(Cl)c1cc([N+](=O)[O-])ccc1CCN. The zero-order valence-corrected chi connectivity index (χ0v) is 8.83. The summed E-state index contributed by atoms with van der Waals surface area (Å²) in [7, 11) is 0. The van der Waals surface area contributed by atoms with Crippen LogP contribution in [0, 0.1) is 10.1 Å². The van der Waals surface area contributed by atoms with Crippen LogP contribution in [0.5, 0.6) is 0 Å². The first-order valence-electron chi connectivity index (χ1n) is 4.38. The maximum Gasteiger partial charge on any atom is 0.270 e. The second-order valence-corrected chi connectivity index (χ2v) is 3.50. The van der Waals surface area contributed by atoms with E-state index < -0.39 is 4.92 Å². The Hall–Kier alpha value is -1.39. The van der Waals surface area contributed by atoms with E-state index in [0.29, 0.717) is 23.6 Å². The summed E-state index contributed by atoms with van der Waals surface area (Å²) in [6.45, 7) is 4.04. The third-order valence-electron chi connectivity index (χ3n) is 2.01. The molecule has 0 bridgehead atoms. The Kier molecular flexibility index (Phi) is 3.82. The molecule has 5 heteroatoms. The lowest BCUT2D eigenvalue weighted by Crippen LogP contribution is -2.05. The molecule has 0 fully saturated rings. The van der Waals surface area contributed by atoms with Gasteiger partial charge >= 0.3 is 0 Å². The van der Waals surface area contributed by atoms with E-state index in [2.05, 4.69) is 6.58 Å². The molecule has 80 valence electrons. The fourth-order valence-corrected chi connectivity index (χ4v) is 1.48. The molecule has 1 aromatic rings. The molecule has 1 aromatic carbocycles. The largest absolute Gasteiger partial charge is 0.330 e. The second kappa shape index (κ2) is 4.91. The number of non-ortho nitro benzene ring substituents is 1. The van der Waals surface area contributed by atoms with Gasteiger partial charge in [0.05, 0.1) is 4.92 Å². The minimum atomic E-state index is -0.463. The fourth-order valence-electron chi connectivity index (χ4n) is 1.30. The molecule has 0 saturated heterocycles. The number of nitrogens with two attached hydrogens (primary N) is 1. The number of rotatable bonds is 4. The summed E-state index contributed by atoms with van der Waals surface area (Å²) in [6.07, 6.45) is 0.624. The molecule has 0 aliphatic rings. The average Bonchev–Trinajstić information content (AvgIpc) is 2.18. The van der Waals surface area contributed by atoms with Gasteiger partial charge in [-0.05, 0) is 18.5 Å². The van der Waals surface area contributed by atoms with Crippen LogP contribution in [0.15, 0.2) is 24.8 Å². The van der Waals surface area contributed by atoms with E-state index in [4.69, 9.17) is 17.3 Å². The molecule has 0 atom stereocenters. The lowest BCUT2D eigenvalue weighted by atomic mass is 10.0. The number of benzene rings is 1. The zero-order valence-electron chi connectivity index (χ0n) is 8.07. The van der Waals surface area contributed by atoms with Gasteiger partial charge in [-0.2, -0.15) is 0 Å². The molecule has 4 nitrogen and oxygen atoms in total. The highest BCUT2D eigenvalue weighted by Gasteiger charge is 2.11. The summed E-state index contributed by atoms with van der Waals surface area (Å²) in [4.78, 5) is 10.1. The smallest absolute Gasteiger partial charge is 0.270 e. The van der Waals surface area contributed by atoms with Crippen LogP contribution in [0.25, 0.3) is 5.03 Å². The van der Waals surface area contributed by atoms with Gasteiger partial charge in [0, 0.05) is 22.7 Å². The van der Waals surface area contributed by atoms with Crippen molar-refractivity contribution in [3.8, 4) is 0 Å². The first kappa shape index (κ1) is 11.7. The van der Waals surface area contributed by atoms with Crippen molar-refractivity contribution in [2.75, 3.05) is 6.54 Å². The highest BCUT2D eigenvalue weighted by molar-refractivity contribution is 6.48. The van der Waals surface area contributed by atoms with Crippen molar-refractivity contribution < 1.29 is 4.92 Å². The van der Waals surface area contributed by atoms with Crippen LogP contribution < -0.4 is 5.73 Å². The number of nitro benzene ring substituents is 1. The molecule has 0 unspecified atom stereocenters. The minimum Gasteiger partial charge on any atom is -0.330 e. The monoisotopic (exact) mass is 226 g/mol. The van der Waals surface area contributed by atoms with Crippen molar-refractivity contribution >= 4 is 22.3 Å². The van der Waals surface area contributed by atoms with E-state index >= 15 is 0 Å². The van der Waals surface area contributed by atoms with Crippen LogP contribution in [-0.2, 0) is 6.42 Å². The summed E-state index contributed by atoms with van der Waals surface area (Å²) in [5.74, 6) is 0. The molecular formula is C10H11ClN2O2. The van der Waals surface area contributed by atoms with Crippen LogP contribution >= 0.6 is 11.6 Å². The standard InChI is InChI=1S/C10H11ClN2O2/c1-7(11)10-6-9(13(14)15)3-2-8(10)4-5-12/h2-3,6H,1,4-5,12H2. The Bertz CT molecular complexity index is 404.